The average molecular weight is 396 g/mol. The fraction of sp³-hybridized carbons (Fsp3) is 0.348. The molecule has 0 aliphatic rings. The number of nitrogens with zero attached hydrogens (tertiary/aromatic N) is 1. The number of benzene rings is 2. The van der Waals surface area contributed by atoms with Gasteiger partial charge in [0.1, 0.15) is 0 Å². The van der Waals surface area contributed by atoms with Gasteiger partial charge in [0.15, 0.2) is 6.04 Å². The van der Waals surface area contributed by atoms with Crippen LogP contribution < -0.4 is 5.32 Å². The van der Waals surface area contributed by atoms with Crippen molar-refractivity contribution in [2.75, 3.05) is 7.05 Å². The topological polar surface area (TPSA) is 86.7 Å². The van der Waals surface area contributed by atoms with Crippen molar-refractivity contribution in [2.45, 2.75) is 40.3 Å². The highest BCUT2D eigenvalue weighted by Gasteiger charge is 2.24. The maximum absolute atomic E-state index is 12.6. The van der Waals surface area contributed by atoms with Gasteiger partial charge >= 0.3 is 5.97 Å². The van der Waals surface area contributed by atoms with Crippen molar-refractivity contribution in [3.63, 3.8) is 0 Å². The quantitative estimate of drug-likeness (QED) is 0.750. The van der Waals surface area contributed by atoms with Crippen LogP contribution in [-0.2, 0) is 16.1 Å². The van der Waals surface area contributed by atoms with Gasteiger partial charge in [0.2, 0.25) is 5.91 Å². The SMILES string of the molecule is Cc1cccc(C(NC(=O)c2ccc(CN(C)C(=O)C(C)C)cc2)C(=O)O)c1C. The summed E-state index contributed by atoms with van der Waals surface area (Å²) in [4.78, 5) is 38.0. The van der Waals surface area contributed by atoms with E-state index in [1.165, 1.54) is 0 Å². The van der Waals surface area contributed by atoms with Crippen LogP contribution in [0.1, 0.15) is 52.5 Å². The van der Waals surface area contributed by atoms with E-state index in [1.807, 2.05) is 33.8 Å². The summed E-state index contributed by atoms with van der Waals surface area (Å²) in [5, 5.41) is 12.2. The van der Waals surface area contributed by atoms with Gasteiger partial charge in [-0.2, -0.15) is 0 Å². The number of hydrogen-bond donors (Lipinski definition) is 2. The molecule has 6 nitrogen and oxygen atoms in total. The molecular weight excluding hydrogens is 368 g/mol. The number of aryl methyl sites for hydroxylation is 1. The lowest BCUT2D eigenvalue weighted by Gasteiger charge is -2.20. The first-order valence-electron chi connectivity index (χ1n) is 9.55. The van der Waals surface area contributed by atoms with Crippen LogP contribution >= 0.6 is 0 Å². The molecule has 0 spiro atoms. The minimum atomic E-state index is -1.13. The summed E-state index contributed by atoms with van der Waals surface area (Å²) in [5.41, 5.74) is 3.63. The van der Waals surface area contributed by atoms with Crippen LogP contribution in [0.15, 0.2) is 42.5 Å². The first kappa shape index (κ1) is 22.1. The van der Waals surface area contributed by atoms with Crippen LogP contribution in [0.4, 0.5) is 0 Å². The molecule has 2 amide bonds. The van der Waals surface area contributed by atoms with E-state index < -0.39 is 17.9 Å². The van der Waals surface area contributed by atoms with Crippen molar-refractivity contribution < 1.29 is 19.5 Å². The Morgan fingerprint density at radius 1 is 1.03 bits per heavy atom. The average Bonchev–Trinajstić information content (AvgIpc) is 2.68. The zero-order valence-electron chi connectivity index (χ0n) is 17.5. The minimum Gasteiger partial charge on any atom is -0.479 e. The number of carbonyl (C=O) groups is 3. The number of aliphatic carboxylic acids is 1. The molecule has 0 heterocycles. The number of carboxylic acid groups (broad SMARTS) is 1. The van der Waals surface area contributed by atoms with Gasteiger partial charge < -0.3 is 15.3 Å². The largest absolute Gasteiger partial charge is 0.479 e. The van der Waals surface area contributed by atoms with Gasteiger partial charge in [0.05, 0.1) is 0 Å². The lowest BCUT2D eigenvalue weighted by molar-refractivity contribution is -0.139. The molecule has 1 unspecified atom stereocenters. The number of carboxylic acids is 1. The van der Waals surface area contributed by atoms with E-state index in [0.717, 1.165) is 16.7 Å². The van der Waals surface area contributed by atoms with Crippen molar-refractivity contribution in [3.05, 3.63) is 70.3 Å². The second-order valence-electron chi connectivity index (χ2n) is 7.58. The van der Waals surface area contributed by atoms with Gasteiger partial charge in [-0.05, 0) is 48.2 Å². The second-order valence-corrected chi connectivity index (χ2v) is 7.58. The molecule has 2 aromatic rings. The number of amides is 2. The van der Waals surface area contributed by atoms with E-state index >= 15 is 0 Å². The van der Waals surface area contributed by atoms with E-state index in [1.54, 1.807) is 48.3 Å². The van der Waals surface area contributed by atoms with Crippen molar-refractivity contribution in [3.8, 4) is 0 Å². The summed E-state index contributed by atoms with van der Waals surface area (Å²) in [6.45, 7) is 7.89. The third-order valence-electron chi connectivity index (χ3n) is 4.99. The molecule has 154 valence electrons. The molecule has 0 aliphatic carbocycles. The highest BCUT2D eigenvalue weighted by atomic mass is 16.4. The van der Waals surface area contributed by atoms with Crippen LogP contribution in [0.3, 0.4) is 0 Å². The fourth-order valence-electron chi connectivity index (χ4n) is 3.13. The second kappa shape index (κ2) is 9.37. The lowest BCUT2D eigenvalue weighted by Crippen LogP contribution is -2.34. The van der Waals surface area contributed by atoms with E-state index in [2.05, 4.69) is 5.32 Å². The maximum atomic E-state index is 12.6. The minimum absolute atomic E-state index is 0.0460. The number of carbonyl (C=O) groups excluding carboxylic acids is 2. The molecule has 0 bridgehead atoms. The van der Waals surface area contributed by atoms with Crippen LogP contribution in [0.2, 0.25) is 0 Å². The van der Waals surface area contributed by atoms with Crippen LogP contribution in [0.25, 0.3) is 0 Å². The van der Waals surface area contributed by atoms with E-state index in [4.69, 9.17) is 0 Å². The predicted octanol–water partition coefficient (Wildman–Crippen LogP) is 3.47. The Labute approximate surface area is 171 Å². The zero-order valence-corrected chi connectivity index (χ0v) is 17.5. The smallest absolute Gasteiger partial charge is 0.330 e. The van der Waals surface area contributed by atoms with Gasteiger partial charge in [-0.25, -0.2) is 4.79 Å². The Morgan fingerprint density at radius 3 is 2.21 bits per heavy atom. The van der Waals surface area contributed by atoms with E-state index in [-0.39, 0.29) is 11.8 Å². The standard InChI is InChI=1S/C23H28N2O4/c1-14(2)22(27)25(5)13-17-9-11-18(12-10-17)21(26)24-20(23(28)29)19-8-6-7-15(3)16(19)4/h6-12,14,20H,13H2,1-5H3,(H,24,26)(H,28,29). The monoisotopic (exact) mass is 396 g/mol. The first-order chi connectivity index (χ1) is 13.6. The molecule has 2 N–H and O–H groups in total. The molecule has 0 fully saturated rings. The van der Waals surface area contributed by atoms with Gasteiger partial charge in [-0.15, -0.1) is 0 Å². The summed E-state index contributed by atoms with van der Waals surface area (Å²) < 4.78 is 0. The van der Waals surface area contributed by atoms with E-state index in [9.17, 15) is 19.5 Å². The van der Waals surface area contributed by atoms with Gasteiger partial charge in [0.25, 0.3) is 5.91 Å². The molecule has 1 atom stereocenters. The Kier molecular flexibility index (Phi) is 7.15. The maximum Gasteiger partial charge on any atom is 0.330 e. The Bertz CT molecular complexity index is 904. The van der Waals surface area contributed by atoms with E-state index in [0.29, 0.717) is 17.7 Å². The normalized spacial score (nSPS) is 11.8. The highest BCUT2D eigenvalue weighted by Crippen LogP contribution is 2.21. The summed E-state index contributed by atoms with van der Waals surface area (Å²) in [6, 6.07) is 11.1. The van der Waals surface area contributed by atoms with Crippen molar-refractivity contribution in [1.29, 1.82) is 0 Å². The molecule has 0 radical (unpaired) electrons. The molecule has 0 saturated carbocycles. The molecule has 0 aliphatic heterocycles. The van der Waals surface area contributed by atoms with Crippen molar-refractivity contribution in [2.24, 2.45) is 5.92 Å². The van der Waals surface area contributed by atoms with Crippen molar-refractivity contribution in [1.82, 2.24) is 10.2 Å². The van der Waals surface area contributed by atoms with Crippen molar-refractivity contribution >= 4 is 17.8 Å². The Balaban J connectivity index is 2.14. The number of rotatable bonds is 7. The van der Waals surface area contributed by atoms with Gasteiger partial charge in [-0.3, -0.25) is 9.59 Å². The molecule has 29 heavy (non-hydrogen) atoms. The summed E-state index contributed by atoms with van der Waals surface area (Å²) in [7, 11) is 1.74. The number of hydrogen-bond acceptors (Lipinski definition) is 3. The predicted molar refractivity (Wildman–Crippen MR) is 112 cm³/mol. The molecule has 2 rings (SSSR count). The van der Waals surface area contributed by atoms with Gasteiger partial charge in [0, 0.05) is 25.1 Å². The molecule has 2 aromatic carbocycles. The summed E-state index contributed by atoms with van der Waals surface area (Å²) in [6.07, 6.45) is 0. The molecule has 0 aromatic heterocycles. The third-order valence-corrected chi connectivity index (χ3v) is 4.99. The molecular formula is C23H28N2O4. The Morgan fingerprint density at radius 2 is 1.66 bits per heavy atom. The van der Waals surface area contributed by atoms with Crippen LogP contribution in [0.5, 0.6) is 0 Å². The van der Waals surface area contributed by atoms with Crippen LogP contribution in [0, 0.1) is 19.8 Å². The van der Waals surface area contributed by atoms with Gasteiger partial charge in [-0.1, -0.05) is 44.2 Å². The number of nitrogens with one attached hydrogen (secondary N) is 1. The zero-order chi connectivity index (χ0) is 21.7. The fourth-order valence-corrected chi connectivity index (χ4v) is 3.13. The summed E-state index contributed by atoms with van der Waals surface area (Å²) >= 11 is 0. The Hall–Kier alpha value is -3.15. The van der Waals surface area contributed by atoms with Crippen LogP contribution in [-0.4, -0.2) is 34.8 Å². The lowest BCUT2D eigenvalue weighted by atomic mass is 9.97. The highest BCUT2D eigenvalue weighted by molar-refractivity contribution is 5.97. The first-order valence-corrected chi connectivity index (χ1v) is 9.55. The summed E-state index contributed by atoms with van der Waals surface area (Å²) in [5.74, 6) is -1.61. The third kappa shape index (κ3) is 5.44. The molecule has 0 saturated heterocycles. The molecule has 6 heteroatoms.